The van der Waals surface area contributed by atoms with Crippen molar-refractivity contribution in [3.8, 4) is 0 Å². The second kappa shape index (κ2) is 5.80. The van der Waals surface area contributed by atoms with Crippen LogP contribution in [0, 0.1) is 11.3 Å². The van der Waals surface area contributed by atoms with E-state index in [4.69, 9.17) is 0 Å². The van der Waals surface area contributed by atoms with Crippen LogP contribution in [0.5, 0.6) is 0 Å². The molecule has 1 aromatic carbocycles. The number of hydrogen-bond donors (Lipinski definition) is 2. The minimum atomic E-state index is 0.381. The van der Waals surface area contributed by atoms with Gasteiger partial charge in [-0.25, -0.2) is 4.98 Å². The van der Waals surface area contributed by atoms with Crippen molar-refractivity contribution < 1.29 is 0 Å². The Hall–Kier alpha value is -1.35. The molecule has 0 spiro atoms. The first-order valence-electron chi connectivity index (χ1n) is 8.21. The van der Waals surface area contributed by atoms with Crippen LogP contribution in [0.4, 0.5) is 0 Å². The predicted molar refractivity (Wildman–Crippen MR) is 88.1 cm³/mol. The lowest BCUT2D eigenvalue weighted by Crippen LogP contribution is -2.44. The number of nitrogens with one attached hydrogen (secondary N) is 2. The number of imidazole rings is 1. The molecule has 1 aromatic heterocycles. The molecule has 0 saturated heterocycles. The summed E-state index contributed by atoms with van der Waals surface area (Å²) in [4.78, 5) is 8.08. The number of hydrogen-bond acceptors (Lipinski definition) is 2. The molecule has 3 heteroatoms. The van der Waals surface area contributed by atoms with E-state index >= 15 is 0 Å². The third kappa shape index (κ3) is 3.29. The second-order valence-electron chi connectivity index (χ2n) is 7.45. The van der Waals surface area contributed by atoms with Crippen LogP contribution in [0.1, 0.15) is 52.3 Å². The first-order chi connectivity index (χ1) is 10.0. The van der Waals surface area contributed by atoms with Gasteiger partial charge in [-0.1, -0.05) is 45.7 Å². The Kier molecular flexibility index (Phi) is 4.03. The molecule has 0 radical (unpaired) electrons. The van der Waals surface area contributed by atoms with E-state index < -0.39 is 0 Å². The molecule has 0 amide bonds. The standard InChI is InChI=1S/C18H27N3/c1-18(2,3)13-8-4-5-9-14(13)19-12-17-20-15-10-6-7-11-16(15)21-17/h6-7,10-11,13-14,19H,4-5,8-9,12H2,1-3H3,(H,20,21). The predicted octanol–water partition coefficient (Wildman–Crippen LogP) is 4.26. The Morgan fingerprint density at radius 1 is 1.19 bits per heavy atom. The zero-order valence-corrected chi connectivity index (χ0v) is 13.4. The highest BCUT2D eigenvalue weighted by atomic mass is 15.0. The summed E-state index contributed by atoms with van der Waals surface area (Å²) in [6.07, 6.45) is 5.37. The van der Waals surface area contributed by atoms with E-state index in [1.165, 1.54) is 25.7 Å². The topological polar surface area (TPSA) is 40.7 Å². The zero-order valence-electron chi connectivity index (χ0n) is 13.4. The van der Waals surface area contributed by atoms with Gasteiger partial charge >= 0.3 is 0 Å². The van der Waals surface area contributed by atoms with E-state index in [1.807, 2.05) is 6.07 Å². The van der Waals surface area contributed by atoms with Gasteiger partial charge in [-0.2, -0.15) is 0 Å². The number of H-pyrrole nitrogens is 1. The Morgan fingerprint density at radius 3 is 2.71 bits per heavy atom. The smallest absolute Gasteiger partial charge is 0.121 e. The zero-order chi connectivity index (χ0) is 14.9. The van der Waals surface area contributed by atoms with Gasteiger partial charge in [0.1, 0.15) is 5.82 Å². The van der Waals surface area contributed by atoms with Gasteiger partial charge in [0.05, 0.1) is 17.6 Å². The van der Waals surface area contributed by atoms with Crippen molar-refractivity contribution in [2.45, 2.75) is 59.0 Å². The third-order valence-corrected chi connectivity index (χ3v) is 4.85. The maximum Gasteiger partial charge on any atom is 0.121 e. The molecule has 1 aliphatic rings. The van der Waals surface area contributed by atoms with Crippen molar-refractivity contribution in [1.82, 2.24) is 15.3 Å². The molecule has 1 fully saturated rings. The number of aromatic amines is 1. The SMILES string of the molecule is CC(C)(C)C1CCCCC1NCc1nc2ccccc2[nH]1. The van der Waals surface area contributed by atoms with Gasteiger partial charge in [0.2, 0.25) is 0 Å². The lowest BCUT2D eigenvalue weighted by atomic mass is 9.69. The molecule has 2 atom stereocenters. The summed E-state index contributed by atoms with van der Waals surface area (Å²) in [6.45, 7) is 7.96. The Balaban J connectivity index is 1.68. The van der Waals surface area contributed by atoms with Crippen LogP contribution < -0.4 is 5.32 Å². The van der Waals surface area contributed by atoms with Gasteiger partial charge in [-0.3, -0.25) is 0 Å². The summed E-state index contributed by atoms with van der Waals surface area (Å²) in [7, 11) is 0. The highest BCUT2D eigenvalue weighted by molar-refractivity contribution is 5.74. The third-order valence-electron chi connectivity index (χ3n) is 4.85. The summed E-state index contributed by atoms with van der Waals surface area (Å²) in [5.41, 5.74) is 2.57. The maximum atomic E-state index is 4.67. The Morgan fingerprint density at radius 2 is 1.95 bits per heavy atom. The molecular formula is C18H27N3. The molecule has 2 N–H and O–H groups in total. The largest absolute Gasteiger partial charge is 0.341 e. The van der Waals surface area contributed by atoms with E-state index in [2.05, 4.69) is 54.3 Å². The van der Waals surface area contributed by atoms with Gasteiger partial charge in [-0.05, 0) is 36.3 Å². The molecular weight excluding hydrogens is 258 g/mol. The van der Waals surface area contributed by atoms with Crippen LogP contribution in [0.15, 0.2) is 24.3 Å². The van der Waals surface area contributed by atoms with Gasteiger partial charge in [0.15, 0.2) is 0 Å². The molecule has 1 saturated carbocycles. The van der Waals surface area contributed by atoms with Gasteiger partial charge in [-0.15, -0.1) is 0 Å². The minimum Gasteiger partial charge on any atom is -0.341 e. The van der Waals surface area contributed by atoms with Gasteiger partial charge < -0.3 is 10.3 Å². The van der Waals surface area contributed by atoms with Crippen molar-refractivity contribution >= 4 is 11.0 Å². The van der Waals surface area contributed by atoms with Gasteiger partial charge in [0.25, 0.3) is 0 Å². The maximum absolute atomic E-state index is 4.67. The van der Waals surface area contributed by atoms with E-state index in [0.29, 0.717) is 11.5 Å². The first-order valence-corrected chi connectivity index (χ1v) is 8.21. The van der Waals surface area contributed by atoms with E-state index in [9.17, 15) is 0 Å². The summed E-state index contributed by atoms with van der Waals surface area (Å²) in [5.74, 6) is 1.81. The normalized spacial score (nSPS) is 23.6. The van der Waals surface area contributed by atoms with Crippen molar-refractivity contribution in [2.75, 3.05) is 0 Å². The molecule has 3 nitrogen and oxygen atoms in total. The molecule has 2 aromatic rings. The minimum absolute atomic E-state index is 0.381. The van der Waals surface area contributed by atoms with Crippen LogP contribution in [0.3, 0.4) is 0 Å². The molecule has 1 heterocycles. The summed E-state index contributed by atoms with van der Waals surface area (Å²) in [6, 6.07) is 8.86. The molecule has 1 aliphatic carbocycles. The summed E-state index contributed by atoms with van der Waals surface area (Å²) < 4.78 is 0. The summed E-state index contributed by atoms with van der Waals surface area (Å²) >= 11 is 0. The molecule has 21 heavy (non-hydrogen) atoms. The number of nitrogens with zero attached hydrogens (tertiary/aromatic N) is 1. The fourth-order valence-electron chi connectivity index (χ4n) is 3.73. The average Bonchev–Trinajstić information content (AvgIpc) is 2.87. The van der Waals surface area contributed by atoms with Crippen LogP contribution in [-0.4, -0.2) is 16.0 Å². The molecule has 0 aliphatic heterocycles. The number of fused-ring (bicyclic) bond motifs is 1. The van der Waals surface area contributed by atoms with Crippen molar-refractivity contribution in [3.63, 3.8) is 0 Å². The van der Waals surface area contributed by atoms with Crippen molar-refractivity contribution in [3.05, 3.63) is 30.1 Å². The van der Waals surface area contributed by atoms with E-state index in [-0.39, 0.29) is 0 Å². The van der Waals surface area contributed by atoms with E-state index in [0.717, 1.165) is 29.3 Å². The summed E-state index contributed by atoms with van der Waals surface area (Å²) in [5, 5.41) is 3.76. The molecule has 114 valence electrons. The first kappa shape index (κ1) is 14.6. The quantitative estimate of drug-likeness (QED) is 0.884. The molecule has 3 rings (SSSR count). The van der Waals surface area contributed by atoms with Crippen molar-refractivity contribution in [1.29, 1.82) is 0 Å². The average molecular weight is 285 g/mol. The molecule has 2 unspecified atom stereocenters. The van der Waals surface area contributed by atoms with Crippen molar-refractivity contribution in [2.24, 2.45) is 11.3 Å². The van der Waals surface area contributed by atoms with E-state index in [1.54, 1.807) is 0 Å². The van der Waals surface area contributed by atoms with Crippen LogP contribution in [-0.2, 0) is 6.54 Å². The van der Waals surface area contributed by atoms with Gasteiger partial charge in [0, 0.05) is 6.04 Å². The number of benzene rings is 1. The van der Waals surface area contributed by atoms with Crippen LogP contribution in [0.25, 0.3) is 11.0 Å². The molecule has 0 bridgehead atoms. The Bertz CT molecular complexity index is 561. The second-order valence-corrected chi connectivity index (χ2v) is 7.45. The number of rotatable bonds is 3. The number of aromatic nitrogens is 2. The lowest BCUT2D eigenvalue weighted by Gasteiger charge is -2.40. The number of para-hydroxylation sites is 2. The highest BCUT2D eigenvalue weighted by Gasteiger charge is 2.33. The van der Waals surface area contributed by atoms with Crippen LogP contribution >= 0.6 is 0 Å². The lowest BCUT2D eigenvalue weighted by molar-refractivity contribution is 0.130. The monoisotopic (exact) mass is 285 g/mol. The highest BCUT2D eigenvalue weighted by Crippen LogP contribution is 2.38. The fourth-order valence-corrected chi connectivity index (χ4v) is 3.73. The fraction of sp³-hybridized carbons (Fsp3) is 0.611. The van der Waals surface area contributed by atoms with Crippen LogP contribution in [0.2, 0.25) is 0 Å². The Labute approximate surface area is 127 Å².